The largest absolute Gasteiger partial charge is 0.493 e. The summed E-state index contributed by atoms with van der Waals surface area (Å²) in [4.78, 5) is 40.4. The van der Waals surface area contributed by atoms with Crippen LogP contribution in [-0.2, 0) is 35.0 Å². The highest BCUT2D eigenvalue weighted by Gasteiger charge is 2.57. The topological polar surface area (TPSA) is 101 Å². The molecule has 2 aliphatic rings. The van der Waals surface area contributed by atoms with Crippen LogP contribution in [0.2, 0.25) is 0 Å². The molecule has 9 heteroatoms. The van der Waals surface area contributed by atoms with Crippen LogP contribution in [0.4, 0.5) is 0 Å². The van der Waals surface area contributed by atoms with Crippen LogP contribution in [-0.4, -0.2) is 77.5 Å². The van der Waals surface area contributed by atoms with Gasteiger partial charge in [-0.05, 0) is 28.8 Å². The fourth-order valence-electron chi connectivity index (χ4n) is 3.92. The number of esters is 2. The molecule has 1 aliphatic heterocycles. The minimum absolute atomic E-state index is 0.0236. The Labute approximate surface area is 174 Å². The van der Waals surface area contributed by atoms with E-state index >= 15 is 0 Å². The molecule has 0 N–H and O–H groups in total. The molecule has 3 rings (SSSR count). The van der Waals surface area contributed by atoms with Gasteiger partial charge in [0.15, 0.2) is 16.9 Å². The van der Waals surface area contributed by atoms with E-state index in [1.165, 1.54) is 34.5 Å². The Kier molecular flexibility index (Phi) is 6.31. The molecule has 1 fully saturated rings. The first kappa shape index (κ1) is 21.6. The lowest BCUT2D eigenvalue weighted by atomic mass is 9.80. The fourth-order valence-corrected chi connectivity index (χ4v) is 3.92. The monoisotopic (exact) mass is 419 g/mol. The van der Waals surface area contributed by atoms with E-state index in [1.54, 1.807) is 17.0 Å². The van der Waals surface area contributed by atoms with Gasteiger partial charge < -0.3 is 28.6 Å². The van der Waals surface area contributed by atoms with Crippen LogP contribution in [0.3, 0.4) is 0 Å². The predicted molar refractivity (Wildman–Crippen MR) is 105 cm³/mol. The number of methoxy groups -OCH3 is 4. The van der Waals surface area contributed by atoms with Crippen molar-refractivity contribution in [1.82, 2.24) is 4.90 Å². The Morgan fingerprint density at radius 2 is 1.53 bits per heavy atom. The van der Waals surface area contributed by atoms with Gasteiger partial charge in [-0.3, -0.25) is 14.4 Å². The van der Waals surface area contributed by atoms with E-state index in [2.05, 4.69) is 0 Å². The van der Waals surface area contributed by atoms with E-state index in [0.29, 0.717) is 48.9 Å². The Morgan fingerprint density at radius 1 is 0.967 bits per heavy atom. The number of nitrogens with zero attached hydrogens (tertiary/aromatic N) is 1. The highest BCUT2D eigenvalue weighted by Crippen LogP contribution is 2.51. The van der Waals surface area contributed by atoms with Crippen LogP contribution < -0.4 is 9.47 Å². The summed E-state index contributed by atoms with van der Waals surface area (Å²) in [5.74, 6) is -1.07. The van der Waals surface area contributed by atoms with Gasteiger partial charge in [0, 0.05) is 25.6 Å². The summed E-state index contributed by atoms with van der Waals surface area (Å²) in [6.45, 7) is 1.70. The molecule has 1 amide bonds. The van der Waals surface area contributed by atoms with Gasteiger partial charge in [0.2, 0.25) is 5.91 Å². The number of ether oxygens (including phenoxy) is 5. The highest BCUT2D eigenvalue weighted by atomic mass is 16.5. The van der Waals surface area contributed by atoms with E-state index in [1.807, 2.05) is 0 Å². The van der Waals surface area contributed by atoms with Crippen molar-refractivity contribution in [1.29, 1.82) is 0 Å². The standard InChI is InChI=1S/C21H25NO8/c1-26-16-9-13-12-21(19(24)28-3,20(25)29-4)15(14(13)10-17(16)27-2)11-18(23)22-5-7-30-8-6-22/h9-11H,5-8,12H2,1-4H3/b15-11+. The first-order valence-corrected chi connectivity index (χ1v) is 9.43. The Hall–Kier alpha value is -3.07. The summed E-state index contributed by atoms with van der Waals surface area (Å²) in [5.41, 5.74) is -0.409. The second-order valence-corrected chi connectivity index (χ2v) is 6.93. The normalized spacial score (nSPS) is 18.5. The van der Waals surface area contributed by atoms with Crippen molar-refractivity contribution in [2.75, 3.05) is 54.7 Å². The van der Waals surface area contributed by atoms with E-state index in [9.17, 15) is 14.4 Å². The molecule has 0 bridgehead atoms. The zero-order chi connectivity index (χ0) is 21.9. The van der Waals surface area contributed by atoms with Crippen molar-refractivity contribution < 1.29 is 38.1 Å². The molecular weight excluding hydrogens is 394 g/mol. The molecule has 0 radical (unpaired) electrons. The number of amides is 1. The van der Waals surface area contributed by atoms with E-state index < -0.39 is 17.4 Å². The molecule has 1 saturated heterocycles. The lowest BCUT2D eigenvalue weighted by Gasteiger charge is -2.28. The third-order valence-electron chi connectivity index (χ3n) is 5.47. The maximum Gasteiger partial charge on any atom is 0.328 e. The Bertz CT molecular complexity index is 869. The summed E-state index contributed by atoms with van der Waals surface area (Å²) >= 11 is 0. The smallest absolute Gasteiger partial charge is 0.328 e. The molecular formula is C21H25NO8. The van der Waals surface area contributed by atoms with Crippen molar-refractivity contribution in [3.63, 3.8) is 0 Å². The first-order valence-electron chi connectivity index (χ1n) is 9.43. The van der Waals surface area contributed by atoms with Crippen LogP contribution in [0, 0.1) is 5.41 Å². The second kappa shape index (κ2) is 8.74. The number of benzene rings is 1. The van der Waals surface area contributed by atoms with Gasteiger partial charge in [-0.15, -0.1) is 0 Å². The Morgan fingerprint density at radius 3 is 2.07 bits per heavy atom. The van der Waals surface area contributed by atoms with Gasteiger partial charge >= 0.3 is 11.9 Å². The molecule has 9 nitrogen and oxygen atoms in total. The second-order valence-electron chi connectivity index (χ2n) is 6.93. The fraction of sp³-hybridized carbons (Fsp3) is 0.476. The van der Waals surface area contributed by atoms with Gasteiger partial charge in [-0.25, -0.2) is 0 Å². The first-order chi connectivity index (χ1) is 14.4. The van der Waals surface area contributed by atoms with Crippen LogP contribution in [0.1, 0.15) is 11.1 Å². The number of carbonyl (C=O) groups excluding carboxylic acids is 3. The molecule has 30 heavy (non-hydrogen) atoms. The summed E-state index contributed by atoms with van der Waals surface area (Å²) in [6, 6.07) is 3.34. The van der Waals surface area contributed by atoms with Crippen LogP contribution in [0.25, 0.3) is 5.57 Å². The zero-order valence-corrected chi connectivity index (χ0v) is 17.5. The molecule has 1 heterocycles. The van der Waals surface area contributed by atoms with Crippen LogP contribution in [0.5, 0.6) is 11.5 Å². The third-order valence-corrected chi connectivity index (χ3v) is 5.47. The number of carbonyl (C=O) groups is 3. The quantitative estimate of drug-likeness (QED) is 0.393. The van der Waals surface area contributed by atoms with Crippen molar-refractivity contribution in [3.8, 4) is 11.5 Å². The maximum atomic E-state index is 13.0. The molecule has 1 aliphatic carbocycles. The minimum atomic E-state index is -1.80. The lowest BCUT2D eigenvalue weighted by Crippen LogP contribution is -2.43. The van der Waals surface area contributed by atoms with E-state index in [-0.39, 0.29) is 17.9 Å². The van der Waals surface area contributed by atoms with Gasteiger partial charge in [-0.1, -0.05) is 0 Å². The van der Waals surface area contributed by atoms with E-state index in [0.717, 1.165) is 0 Å². The lowest BCUT2D eigenvalue weighted by molar-refractivity contribution is -0.163. The van der Waals surface area contributed by atoms with Gasteiger partial charge in [0.25, 0.3) is 0 Å². The molecule has 0 spiro atoms. The van der Waals surface area contributed by atoms with Gasteiger partial charge in [0.05, 0.1) is 41.7 Å². The average molecular weight is 419 g/mol. The third kappa shape index (κ3) is 3.49. The number of fused-ring (bicyclic) bond motifs is 1. The number of hydrogen-bond acceptors (Lipinski definition) is 8. The molecule has 0 saturated carbocycles. The molecule has 162 valence electrons. The highest BCUT2D eigenvalue weighted by molar-refractivity contribution is 6.17. The van der Waals surface area contributed by atoms with Crippen molar-refractivity contribution in [3.05, 3.63) is 29.3 Å². The van der Waals surface area contributed by atoms with Crippen LogP contribution in [0.15, 0.2) is 18.2 Å². The van der Waals surface area contributed by atoms with Gasteiger partial charge in [-0.2, -0.15) is 0 Å². The van der Waals surface area contributed by atoms with Gasteiger partial charge in [0.1, 0.15) is 0 Å². The number of morpholine rings is 1. The van der Waals surface area contributed by atoms with Crippen LogP contribution >= 0.6 is 0 Å². The summed E-state index contributed by atoms with van der Waals surface area (Å²) < 4.78 is 26.0. The number of rotatable bonds is 5. The molecule has 1 aromatic carbocycles. The Balaban J connectivity index is 2.20. The summed E-state index contributed by atoms with van der Waals surface area (Å²) in [5, 5.41) is 0. The SMILES string of the molecule is COC(=O)C1(C(=O)OC)Cc2cc(OC)c(OC)cc2/C1=C\C(=O)N1CCOCC1. The average Bonchev–Trinajstić information content (AvgIpc) is 3.11. The van der Waals surface area contributed by atoms with E-state index in [4.69, 9.17) is 23.7 Å². The summed E-state index contributed by atoms with van der Waals surface area (Å²) in [7, 11) is 5.36. The zero-order valence-electron chi connectivity index (χ0n) is 17.5. The van der Waals surface area contributed by atoms with Crippen molar-refractivity contribution >= 4 is 23.4 Å². The summed E-state index contributed by atoms with van der Waals surface area (Å²) in [6.07, 6.45) is 1.29. The van der Waals surface area contributed by atoms with Crippen molar-refractivity contribution in [2.45, 2.75) is 6.42 Å². The molecule has 0 aromatic heterocycles. The van der Waals surface area contributed by atoms with Crippen molar-refractivity contribution in [2.24, 2.45) is 5.41 Å². The molecule has 0 unspecified atom stereocenters. The predicted octanol–water partition coefficient (Wildman–Crippen LogP) is 0.834. The minimum Gasteiger partial charge on any atom is -0.493 e. The maximum absolute atomic E-state index is 13.0. The number of hydrogen-bond donors (Lipinski definition) is 0. The molecule has 0 atom stereocenters. The molecule has 1 aromatic rings.